The first kappa shape index (κ1) is 21.7. The van der Waals surface area contributed by atoms with Crippen LogP contribution in [0.3, 0.4) is 0 Å². The molecule has 1 aliphatic rings. The molecule has 1 atom stereocenters. The number of aliphatic carboxylic acids is 1. The van der Waals surface area contributed by atoms with Gasteiger partial charge in [-0.15, -0.1) is 0 Å². The highest BCUT2D eigenvalue weighted by Gasteiger charge is 2.24. The molecule has 2 aromatic rings. The maximum absolute atomic E-state index is 12.3. The minimum Gasteiger partial charge on any atom is -0.490 e. The van der Waals surface area contributed by atoms with Crippen molar-refractivity contribution in [3.05, 3.63) is 58.0 Å². The first-order valence-corrected chi connectivity index (χ1v) is 10.3. The number of amides is 1. The lowest BCUT2D eigenvalue weighted by Crippen LogP contribution is -2.23. The summed E-state index contributed by atoms with van der Waals surface area (Å²) in [6.07, 6.45) is 0.676. The summed E-state index contributed by atoms with van der Waals surface area (Å²) in [7, 11) is 0. The molecule has 0 saturated carbocycles. The Hall–Kier alpha value is -2.97. The van der Waals surface area contributed by atoms with Gasteiger partial charge in [0.05, 0.1) is 22.2 Å². The molecule has 7 nitrogen and oxygen atoms in total. The molecule has 2 aromatic carbocycles. The van der Waals surface area contributed by atoms with Crippen molar-refractivity contribution in [2.75, 3.05) is 6.61 Å². The molecule has 1 saturated heterocycles. The minimum atomic E-state index is -1.08. The van der Waals surface area contributed by atoms with Crippen LogP contribution in [0.25, 0.3) is 6.08 Å². The maximum Gasteiger partial charge on any atom is 0.344 e. The molecular weight excluding hydrogens is 428 g/mol. The van der Waals surface area contributed by atoms with Crippen molar-refractivity contribution in [1.29, 1.82) is 0 Å². The van der Waals surface area contributed by atoms with Gasteiger partial charge in [-0.25, -0.2) is 9.79 Å². The molecule has 0 spiro atoms. The molecule has 9 heteroatoms. The summed E-state index contributed by atoms with van der Waals surface area (Å²) in [5, 5.41) is 12.7. The molecule has 0 bridgehead atoms. The number of nitrogens with zero attached hydrogens (tertiary/aromatic N) is 1. The van der Waals surface area contributed by atoms with Crippen molar-refractivity contribution in [3.63, 3.8) is 0 Å². The van der Waals surface area contributed by atoms with Crippen molar-refractivity contribution in [1.82, 2.24) is 5.32 Å². The van der Waals surface area contributed by atoms with E-state index in [1.165, 1.54) is 18.7 Å². The molecule has 156 valence electrons. The van der Waals surface area contributed by atoms with Gasteiger partial charge in [-0.1, -0.05) is 29.8 Å². The number of carbonyl (C=O) groups is 2. The number of ether oxygens (including phenoxy) is 2. The number of hydrogen-bond donors (Lipinski definition) is 2. The number of halogens is 1. The Morgan fingerprint density at radius 3 is 2.77 bits per heavy atom. The molecule has 1 fully saturated rings. The summed E-state index contributed by atoms with van der Waals surface area (Å²) >= 11 is 7.31. The topological polar surface area (TPSA) is 97.2 Å². The third-order valence-electron chi connectivity index (χ3n) is 3.94. The Morgan fingerprint density at radius 1 is 1.30 bits per heavy atom. The quantitative estimate of drug-likeness (QED) is 0.608. The molecule has 3 rings (SSSR count). The Morgan fingerprint density at radius 2 is 2.07 bits per heavy atom. The van der Waals surface area contributed by atoms with Crippen LogP contribution in [0.4, 0.5) is 5.69 Å². The molecule has 0 aromatic heterocycles. The van der Waals surface area contributed by atoms with Gasteiger partial charge in [0.15, 0.2) is 22.8 Å². The lowest BCUT2D eigenvalue weighted by molar-refractivity contribution is -0.144. The Kier molecular flexibility index (Phi) is 7.02. The van der Waals surface area contributed by atoms with E-state index >= 15 is 0 Å². The molecule has 1 heterocycles. The number of hydrogen-bond acceptors (Lipinski definition) is 6. The highest BCUT2D eigenvalue weighted by Crippen LogP contribution is 2.33. The van der Waals surface area contributed by atoms with Crippen LogP contribution < -0.4 is 14.8 Å². The average molecular weight is 447 g/mol. The standard InChI is InChI=1S/C21H19ClN2O5S/c1-3-28-17-10-13(8-9-16(17)29-12(2)20(26)27)11-18-19(25)24-21(30-18)23-15-7-5-4-6-14(15)22/h4-12H,3H2,1-2H3,(H,26,27)(H,23,24,25)/b18-11+. The minimum absolute atomic E-state index is 0.274. The molecule has 1 aliphatic heterocycles. The molecule has 0 aliphatic carbocycles. The van der Waals surface area contributed by atoms with Gasteiger partial charge >= 0.3 is 5.97 Å². The zero-order chi connectivity index (χ0) is 21.7. The second-order valence-corrected chi connectivity index (χ2v) is 7.61. The molecule has 30 heavy (non-hydrogen) atoms. The van der Waals surface area contributed by atoms with E-state index in [9.17, 15) is 9.59 Å². The monoisotopic (exact) mass is 446 g/mol. The number of aliphatic imine (C=N–C) groups is 1. The van der Waals surface area contributed by atoms with Gasteiger partial charge in [0.25, 0.3) is 5.91 Å². The lowest BCUT2D eigenvalue weighted by Gasteiger charge is -2.15. The van der Waals surface area contributed by atoms with E-state index in [4.69, 9.17) is 26.2 Å². The van der Waals surface area contributed by atoms with E-state index in [1.54, 1.807) is 42.5 Å². The summed E-state index contributed by atoms with van der Waals surface area (Å²) in [6.45, 7) is 3.63. The summed E-state index contributed by atoms with van der Waals surface area (Å²) in [5.74, 6) is -0.636. The fourth-order valence-corrected chi connectivity index (χ4v) is 3.52. The van der Waals surface area contributed by atoms with E-state index in [1.807, 2.05) is 13.0 Å². The van der Waals surface area contributed by atoms with Crippen LogP contribution in [0.1, 0.15) is 19.4 Å². The number of carboxylic acids is 1. The van der Waals surface area contributed by atoms with Gasteiger partial charge < -0.3 is 19.9 Å². The number of carboxylic acid groups (broad SMARTS) is 1. The fourth-order valence-electron chi connectivity index (χ4n) is 2.50. The van der Waals surface area contributed by atoms with Crippen molar-refractivity contribution >= 4 is 52.2 Å². The number of amidine groups is 1. The van der Waals surface area contributed by atoms with Crippen LogP contribution in [0.15, 0.2) is 52.4 Å². The van der Waals surface area contributed by atoms with Gasteiger partial charge in [0.1, 0.15) is 0 Å². The first-order chi connectivity index (χ1) is 14.4. The van der Waals surface area contributed by atoms with Gasteiger partial charge in [-0.3, -0.25) is 4.79 Å². The van der Waals surface area contributed by atoms with Crippen molar-refractivity contribution in [2.45, 2.75) is 20.0 Å². The predicted octanol–water partition coefficient (Wildman–Crippen LogP) is 4.48. The van der Waals surface area contributed by atoms with E-state index in [-0.39, 0.29) is 5.91 Å². The zero-order valence-electron chi connectivity index (χ0n) is 16.2. The predicted molar refractivity (Wildman–Crippen MR) is 118 cm³/mol. The van der Waals surface area contributed by atoms with Crippen LogP contribution in [-0.4, -0.2) is 34.9 Å². The average Bonchev–Trinajstić information content (AvgIpc) is 3.04. The van der Waals surface area contributed by atoms with Crippen LogP contribution in [0.2, 0.25) is 5.02 Å². The summed E-state index contributed by atoms with van der Waals surface area (Å²) < 4.78 is 11.0. The number of carbonyl (C=O) groups excluding carboxylic acids is 1. The number of nitrogens with one attached hydrogen (secondary N) is 1. The SMILES string of the molecule is CCOc1cc(/C=C2/SC(=Nc3ccccc3Cl)NC2=O)ccc1OC(C)C(=O)O. The zero-order valence-corrected chi connectivity index (χ0v) is 17.8. The summed E-state index contributed by atoms with van der Waals surface area (Å²) in [4.78, 5) is 28.2. The maximum atomic E-state index is 12.3. The van der Waals surface area contributed by atoms with Gasteiger partial charge in [-0.2, -0.15) is 0 Å². The van der Waals surface area contributed by atoms with E-state index in [2.05, 4.69) is 10.3 Å². The number of thioether (sulfide) groups is 1. The summed E-state index contributed by atoms with van der Waals surface area (Å²) in [5.41, 5.74) is 1.27. The third-order valence-corrected chi connectivity index (χ3v) is 5.17. The Balaban J connectivity index is 1.83. The first-order valence-electron chi connectivity index (χ1n) is 9.07. The van der Waals surface area contributed by atoms with Gasteiger partial charge in [0, 0.05) is 0 Å². The molecule has 1 unspecified atom stereocenters. The highest BCUT2D eigenvalue weighted by atomic mass is 35.5. The van der Waals surface area contributed by atoms with Crippen LogP contribution in [-0.2, 0) is 9.59 Å². The van der Waals surface area contributed by atoms with Crippen molar-refractivity contribution < 1.29 is 24.2 Å². The number of para-hydroxylation sites is 1. The second kappa shape index (κ2) is 9.69. The molecule has 1 amide bonds. The van der Waals surface area contributed by atoms with Crippen LogP contribution >= 0.6 is 23.4 Å². The second-order valence-electron chi connectivity index (χ2n) is 6.17. The Bertz CT molecular complexity index is 1040. The number of benzene rings is 2. The molecule has 0 radical (unpaired) electrons. The lowest BCUT2D eigenvalue weighted by atomic mass is 10.2. The highest BCUT2D eigenvalue weighted by molar-refractivity contribution is 8.18. The molecular formula is C21H19ClN2O5S. The normalized spacial score (nSPS) is 17.1. The number of rotatable bonds is 7. The Labute approximate surface area is 182 Å². The third kappa shape index (κ3) is 5.34. The van der Waals surface area contributed by atoms with E-state index in [0.29, 0.717) is 44.5 Å². The largest absolute Gasteiger partial charge is 0.490 e. The van der Waals surface area contributed by atoms with Gasteiger partial charge in [0.2, 0.25) is 0 Å². The van der Waals surface area contributed by atoms with E-state index < -0.39 is 12.1 Å². The van der Waals surface area contributed by atoms with Crippen LogP contribution in [0, 0.1) is 0 Å². The smallest absolute Gasteiger partial charge is 0.344 e. The van der Waals surface area contributed by atoms with Crippen molar-refractivity contribution in [2.24, 2.45) is 4.99 Å². The van der Waals surface area contributed by atoms with Gasteiger partial charge in [-0.05, 0) is 61.5 Å². The summed E-state index contributed by atoms with van der Waals surface area (Å²) in [6, 6.07) is 12.1. The fraction of sp³-hybridized carbons (Fsp3) is 0.190. The molecule has 2 N–H and O–H groups in total. The van der Waals surface area contributed by atoms with E-state index in [0.717, 1.165) is 0 Å². The van der Waals surface area contributed by atoms with Crippen molar-refractivity contribution in [3.8, 4) is 11.5 Å². The van der Waals surface area contributed by atoms with Crippen LogP contribution in [0.5, 0.6) is 11.5 Å².